The molecule has 0 unspecified atom stereocenters. The van der Waals surface area contributed by atoms with Crippen molar-refractivity contribution >= 4 is 22.5 Å². The maximum absolute atomic E-state index is 6.10. The molecule has 0 saturated heterocycles. The Hall–Kier alpha value is -1.16. The average molecular weight is 236 g/mol. The van der Waals surface area contributed by atoms with E-state index in [9.17, 15) is 0 Å². The third-order valence-corrected chi connectivity index (χ3v) is 2.88. The molecule has 16 heavy (non-hydrogen) atoms. The van der Waals surface area contributed by atoms with E-state index in [-0.39, 0.29) is 6.04 Å². The van der Waals surface area contributed by atoms with Crippen LogP contribution in [0.5, 0.6) is 0 Å². The van der Waals surface area contributed by atoms with E-state index in [1.807, 2.05) is 30.3 Å². The average Bonchev–Trinajstić information content (AvgIpc) is 2.28. The van der Waals surface area contributed by atoms with Gasteiger partial charge in [-0.15, -0.1) is 0 Å². The van der Waals surface area contributed by atoms with Gasteiger partial charge in [0.1, 0.15) is 5.15 Å². The first kappa shape index (κ1) is 11.3. The van der Waals surface area contributed by atoms with Crippen LogP contribution < -0.4 is 11.5 Å². The highest BCUT2D eigenvalue weighted by molar-refractivity contribution is 6.30. The molecule has 0 bridgehead atoms. The van der Waals surface area contributed by atoms with E-state index in [0.717, 1.165) is 16.5 Å². The second kappa shape index (κ2) is 4.78. The summed E-state index contributed by atoms with van der Waals surface area (Å²) in [5, 5.41) is 1.52. The van der Waals surface area contributed by atoms with Crippen LogP contribution in [0.3, 0.4) is 0 Å². The molecular formula is C12H14ClN3. The molecular weight excluding hydrogens is 222 g/mol. The number of nitrogens with zero attached hydrogens (tertiary/aromatic N) is 1. The second-order valence-corrected chi connectivity index (χ2v) is 4.10. The molecule has 0 radical (unpaired) electrons. The topological polar surface area (TPSA) is 64.9 Å². The molecule has 0 aliphatic rings. The van der Waals surface area contributed by atoms with Crippen LogP contribution >= 0.6 is 11.6 Å². The van der Waals surface area contributed by atoms with Crippen molar-refractivity contribution < 1.29 is 0 Å². The number of hydrogen-bond acceptors (Lipinski definition) is 3. The SMILES string of the molecule is NCC[C@@H](N)c1cc2ccccc2nc1Cl. The maximum atomic E-state index is 6.10. The van der Waals surface area contributed by atoms with Crippen molar-refractivity contribution in [2.75, 3.05) is 6.54 Å². The lowest BCUT2D eigenvalue weighted by molar-refractivity contribution is 0.660. The van der Waals surface area contributed by atoms with E-state index < -0.39 is 0 Å². The molecule has 1 aromatic heterocycles. The lowest BCUT2D eigenvalue weighted by Crippen LogP contribution is -2.16. The molecule has 1 heterocycles. The van der Waals surface area contributed by atoms with Crippen molar-refractivity contribution in [3.8, 4) is 0 Å². The monoisotopic (exact) mass is 235 g/mol. The van der Waals surface area contributed by atoms with E-state index in [1.165, 1.54) is 0 Å². The Bertz CT molecular complexity index is 499. The van der Waals surface area contributed by atoms with Crippen LogP contribution in [-0.2, 0) is 0 Å². The Morgan fingerprint density at radius 3 is 2.81 bits per heavy atom. The zero-order valence-electron chi connectivity index (χ0n) is 8.86. The number of hydrogen-bond donors (Lipinski definition) is 2. The van der Waals surface area contributed by atoms with Gasteiger partial charge in [-0.05, 0) is 25.1 Å². The van der Waals surface area contributed by atoms with Gasteiger partial charge in [0.15, 0.2) is 0 Å². The van der Waals surface area contributed by atoms with Crippen LogP contribution in [0, 0.1) is 0 Å². The summed E-state index contributed by atoms with van der Waals surface area (Å²) in [6.45, 7) is 0.546. The van der Waals surface area contributed by atoms with Crippen molar-refractivity contribution in [1.82, 2.24) is 4.98 Å². The highest BCUT2D eigenvalue weighted by Gasteiger charge is 2.11. The van der Waals surface area contributed by atoms with Gasteiger partial charge in [-0.25, -0.2) is 4.98 Å². The van der Waals surface area contributed by atoms with Gasteiger partial charge in [0.25, 0.3) is 0 Å². The van der Waals surface area contributed by atoms with Gasteiger partial charge in [0.05, 0.1) is 5.52 Å². The van der Waals surface area contributed by atoms with Gasteiger partial charge in [0, 0.05) is 17.0 Å². The summed E-state index contributed by atoms with van der Waals surface area (Å²) in [5.74, 6) is 0. The summed E-state index contributed by atoms with van der Waals surface area (Å²) in [4.78, 5) is 4.32. The molecule has 2 rings (SSSR count). The van der Waals surface area contributed by atoms with Crippen molar-refractivity contribution in [3.63, 3.8) is 0 Å². The van der Waals surface area contributed by atoms with E-state index in [4.69, 9.17) is 23.1 Å². The molecule has 2 aromatic rings. The quantitative estimate of drug-likeness (QED) is 0.802. The number of nitrogens with two attached hydrogens (primary N) is 2. The zero-order chi connectivity index (χ0) is 11.5. The Morgan fingerprint density at radius 1 is 1.31 bits per heavy atom. The van der Waals surface area contributed by atoms with Crippen LogP contribution in [0.15, 0.2) is 30.3 Å². The Labute approximate surface area is 99.4 Å². The Kier molecular flexibility index (Phi) is 3.39. The van der Waals surface area contributed by atoms with Crippen molar-refractivity contribution in [3.05, 3.63) is 41.0 Å². The van der Waals surface area contributed by atoms with Gasteiger partial charge >= 0.3 is 0 Å². The van der Waals surface area contributed by atoms with Crippen molar-refractivity contribution in [1.29, 1.82) is 0 Å². The van der Waals surface area contributed by atoms with E-state index in [1.54, 1.807) is 0 Å². The van der Waals surface area contributed by atoms with Gasteiger partial charge in [-0.2, -0.15) is 0 Å². The number of para-hydroxylation sites is 1. The molecule has 0 fully saturated rings. The number of benzene rings is 1. The third kappa shape index (κ3) is 2.16. The first-order valence-electron chi connectivity index (χ1n) is 5.23. The summed E-state index contributed by atoms with van der Waals surface area (Å²) in [5.41, 5.74) is 13.2. The van der Waals surface area contributed by atoms with Crippen LogP contribution in [0.25, 0.3) is 10.9 Å². The minimum Gasteiger partial charge on any atom is -0.330 e. The fourth-order valence-corrected chi connectivity index (χ4v) is 1.99. The largest absolute Gasteiger partial charge is 0.330 e. The molecule has 1 aromatic carbocycles. The molecule has 4 heteroatoms. The fourth-order valence-electron chi connectivity index (χ4n) is 1.70. The molecule has 4 N–H and O–H groups in total. The minimum absolute atomic E-state index is 0.144. The molecule has 0 aliphatic carbocycles. The van der Waals surface area contributed by atoms with Crippen LogP contribution in [0.4, 0.5) is 0 Å². The van der Waals surface area contributed by atoms with Crippen molar-refractivity contribution in [2.24, 2.45) is 11.5 Å². The Balaban J connectivity index is 2.49. The van der Waals surface area contributed by atoms with E-state index in [2.05, 4.69) is 4.98 Å². The number of halogens is 1. The fraction of sp³-hybridized carbons (Fsp3) is 0.250. The van der Waals surface area contributed by atoms with E-state index >= 15 is 0 Å². The maximum Gasteiger partial charge on any atom is 0.134 e. The van der Waals surface area contributed by atoms with Gasteiger partial charge < -0.3 is 11.5 Å². The van der Waals surface area contributed by atoms with Crippen LogP contribution in [-0.4, -0.2) is 11.5 Å². The number of fused-ring (bicyclic) bond motifs is 1. The molecule has 84 valence electrons. The van der Waals surface area contributed by atoms with Gasteiger partial charge in [-0.3, -0.25) is 0 Å². The van der Waals surface area contributed by atoms with Crippen molar-refractivity contribution in [2.45, 2.75) is 12.5 Å². The highest BCUT2D eigenvalue weighted by atomic mass is 35.5. The third-order valence-electron chi connectivity index (χ3n) is 2.58. The summed E-state index contributed by atoms with van der Waals surface area (Å²) in [6, 6.07) is 9.68. The lowest BCUT2D eigenvalue weighted by atomic mass is 10.0. The smallest absolute Gasteiger partial charge is 0.134 e. The summed E-state index contributed by atoms with van der Waals surface area (Å²) >= 11 is 6.10. The Morgan fingerprint density at radius 2 is 2.06 bits per heavy atom. The lowest BCUT2D eigenvalue weighted by Gasteiger charge is -2.12. The molecule has 0 saturated carbocycles. The summed E-state index contributed by atoms with van der Waals surface area (Å²) in [7, 11) is 0. The first-order chi connectivity index (χ1) is 7.72. The molecule has 0 amide bonds. The van der Waals surface area contributed by atoms with Crippen LogP contribution in [0.2, 0.25) is 5.15 Å². The zero-order valence-corrected chi connectivity index (χ0v) is 9.61. The van der Waals surface area contributed by atoms with Crippen LogP contribution in [0.1, 0.15) is 18.0 Å². The number of rotatable bonds is 3. The van der Waals surface area contributed by atoms with Gasteiger partial charge in [-0.1, -0.05) is 29.8 Å². The highest BCUT2D eigenvalue weighted by Crippen LogP contribution is 2.25. The predicted molar refractivity (Wildman–Crippen MR) is 67.4 cm³/mol. The summed E-state index contributed by atoms with van der Waals surface area (Å²) < 4.78 is 0. The molecule has 0 spiro atoms. The number of aromatic nitrogens is 1. The number of pyridine rings is 1. The normalized spacial score (nSPS) is 12.9. The van der Waals surface area contributed by atoms with Gasteiger partial charge in [0.2, 0.25) is 0 Å². The standard InChI is InChI=1S/C12H14ClN3/c13-12-9(10(15)5-6-14)7-8-3-1-2-4-11(8)16-12/h1-4,7,10H,5-6,14-15H2/t10-/m1/s1. The second-order valence-electron chi connectivity index (χ2n) is 3.74. The van der Waals surface area contributed by atoms with E-state index in [0.29, 0.717) is 18.1 Å². The summed E-state index contributed by atoms with van der Waals surface area (Å²) in [6.07, 6.45) is 0.708. The molecule has 1 atom stereocenters. The predicted octanol–water partition coefficient (Wildman–Crippen LogP) is 2.24. The molecule has 3 nitrogen and oxygen atoms in total. The minimum atomic E-state index is -0.144. The first-order valence-corrected chi connectivity index (χ1v) is 5.61. The molecule has 0 aliphatic heterocycles.